The van der Waals surface area contributed by atoms with Gasteiger partial charge in [0.15, 0.2) is 5.82 Å². The van der Waals surface area contributed by atoms with Gasteiger partial charge in [0.1, 0.15) is 17.3 Å². The van der Waals surface area contributed by atoms with E-state index in [1.165, 1.54) is 11.8 Å². The molecule has 1 aliphatic rings. The number of ether oxygens (including phenoxy) is 1. The van der Waals surface area contributed by atoms with Gasteiger partial charge in [-0.25, -0.2) is 9.67 Å². The first-order valence-electron chi connectivity index (χ1n) is 7.14. The standard InChI is InChI=1S/C15H16F3N3O/c1-22-12-5-3-2-4-11(12)21-13(8-9-15(16,17)18)19-14(20-21)10-6-7-10/h2-5,10H,6-9H2,1H3. The maximum absolute atomic E-state index is 12.5. The molecule has 118 valence electrons. The minimum atomic E-state index is -4.21. The molecule has 0 saturated heterocycles. The summed E-state index contributed by atoms with van der Waals surface area (Å²) in [4.78, 5) is 4.32. The van der Waals surface area contributed by atoms with Crippen molar-refractivity contribution in [3.05, 3.63) is 35.9 Å². The van der Waals surface area contributed by atoms with Crippen molar-refractivity contribution in [1.82, 2.24) is 14.8 Å². The highest BCUT2D eigenvalue weighted by molar-refractivity contribution is 5.46. The third kappa shape index (κ3) is 3.23. The van der Waals surface area contributed by atoms with E-state index in [0.717, 1.165) is 12.8 Å². The van der Waals surface area contributed by atoms with Crippen molar-refractivity contribution in [1.29, 1.82) is 0 Å². The molecule has 7 heteroatoms. The van der Waals surface area contributed by atoms with E-state index in [-0.39, 0.29) is 12.3 Å². The second kappa shape index (κ2) is 5.62. The Kier molecular flexibility index (Phi) is 3.80. The highest BCUT2D eigenvalue weighted by atomic mass is 19.4. The zero-order valence-corrected chi connectivity index (χ0v) is 12.1. The van der Waals surface area contributed by atoms with Crippen LogP contribution in [0, 0.1) is 0 Å². The Bertz CT molecular complexity index is 662. The number of rotatable bonds is 5. The van der Waals surface area contributed by atoms with Crippen LogP contribution in [0.1, 0.15) is 36.8 Å². The van der Waals surface area contributed by atoms with Gasteiger partial charge in [-0.05, 0) is 25.0 Å². The van der Waals surface area contributed by atoms with E-state index in [9.17, 15) is 13.2 Å². The Morgan fingerprint density at radius 3 is 2.64 bits per heavy atom. The molecule has 22 heavy (non-hydrogen) atoms. The van der Waals surface area contributed by atoms with Crippen molar-refractivity contribution in [3.8, 4) is 11.4 Å². The quantitative estimate of drug-likeness (QED) is 0.846. The fraction of sp³-hybridized carbons (Fsp3) is 0.467. The summed E-state index contributed by atoms with van der Waals surface area (Å²) >= 11 is 0. The number of benzene rings is 1. The van der Waals surface area contributed by atoms with Gasteiger partial charge in [-0.15, -0.1) is 0 Å². The van der Waals surface area contributed by atoms with Crippen LogP contribution >= 0.6 is 0 Å². The summed E-state index contributed by atoms with van der Waals surface area (Å²) in [5, 5.41) is 4.41. The van der Waals surface area contributed by atoms with Crippen LogP contribution in [0.5, 0.6) is 5.75 Å². The molecule has 0 radical (unpaired) electrons. The van der Waals surface area contributed by atoms with Crippen LogP contribution in [0.25, 0.3) is 5.69 Å². The number of methoxy groups -OCH3 is 1. The highest BCUT2D eigenvalue weighted by Gasteiger charge is 2.32. The van der Waals surface area contributed by atoms with Crippen molar-refractivity contribution in [2.24, 2.45) is 0 Å². The van der Waals surface area contributed by atoms with Gasteiger partial charge in [-0.2, -0.15) is 18.3 Å². The highest BCUT2D eigenvalue weighted by Crippen LogP contribution is 2.39. The number of aryl methyl sites for hydroxylation is 1. The molecule has 2 aromatic rings. The monoisotopic (exact) mass is 311 g/mol. The lowest BCUT2D eigenvalue weighted by molar-refractivity contribution is -0.134. The molecule has 3 rings (SSSR count). The van der Waals surface area contributed by atoms with E-state index < -0.39 is 12.6 Å². The van der Waals surface area contributed by atoms with Crippen LogP contribution < -0.4 is 4.74 Å². The summed E-state index contributed by atoms with van der Waals surface area (Å²) in [5.41, 5.74) is 0.613. The van der Waals surface area contributed by atoms with Gasteiger partial charge in [0, 0.05) is 12.3 Å². The summed E-state index contributed by atoms with van der Waals surface area (Å²) < 4.78 is 44.3. The van der Waals surface area contributed by atoms with Crippen LogP contribution in [0.3, 0.4) is 0 Å². The van der Waals surface area contributed by atoms with Crippen LogP contribution in [0.4, 0.5) is 13.2 Å². The molecule has 0 unspecified atom stereocenters. The number of hydrogen-bond donors (Lipinski definition) is 0. The smallest absolute Gasteiger partial charge is 0.389 e. The molecule has 1 heterocycles. The Morgan fingerprint density at radius 1 is 1.27 bits per heavy atom. The van der Waals surface area contributed by atoms with Gasteiger partial charge in [0.25, 0.3) is 0 Å². The Hall–Kier alpha value is -2.05. The number of alkyl halides is 3. The lowest BCUT2D eigenvalue weighted by atomic mass is 10.2. The van der Waals surface area contributed by atoms with Gasteiger partial charge in [0.05, 0.1) is 13.5 Å². The molecule has 1 aromatic heterocycles. The molecule has 0 spiro atoms. The molecule has 1 aromatic carbocycles. The minimum Gasteiger partial charge on any atom is -0.494 e. The number of halogens is 3. The number of aromatic nitrogens is 3. The Labute approximate surface area is 125 Å². The number of nitrogens with zero attached hydrogens (tertiary/aromatic N) is 3. The van der Waals surface area contributed by atoms with Crippen LogP contribution in [0.15, 0.2) is 24.3 Å². The summed E-state index contributed by atoms with van der Waals surface area (Å²) in [6.45, 7) is 0. The fourth-order valence-corrected chi connectivity index (χ4v) is 2.29. The van der Waals surface area contributed by atoms with Crippen LogP contribution in [-0.2, 0) is 6.42 Å². The first-order valence-corrected chi connectivity index (χ1v) is 7.14. The second-order valence-electron chi connectivity index (χ2n) is 5.36. The predicted molar refractivity (Wildman–Crippen MR) is 74.3 cm³/mol. The molecular formula is C15H16F3N3O. The van der Waals surface area contributed by atoms with E-state index in [2.05, 4.69) is 10.1 Å². The molecule has 0 amide bonds. The lowest BCUT2D eigenvalue weighted by Crippen LogP contribution is -2.12. The molecule has 1 saturated carbocycles. The average Bonchev–Trinajstić information content (AvgIpc) is 3.24. The molecule has 1 aliphatic carbocycles. The summed E-state index contributed by atoms with van der Waals surface area (Å²) in [7, 11) is 1.52. The van der Waals surface area contributed by atoms with E-state index >= 15 is 0 Å². The van der Waals surface area contributed by atoms with Gasteiger partial charge >= 0.3 is 6.18 Å². The number of hydrogen-bond acceptors (Lipinski definition) is 3. The third-order valence-corrected chi connectivity index (χ3v) is 3.58. The second-order valence-corrected chi connectivity index (χ2v) is 5.36. The van der Waals surface area contributed by atoms with Crippen molar-refractivity contribution in [2.45, 2.75) is 37.8 Å². The fourth-order valence-electron chi connectivity index (χ4n) is 2.29. The predicted octanol–water partition coefficient (Wildman–Crippen LogP) is 3.65. The van der Waals surface area contributed by atoms with Crippen LogP contribution in [-0.4, -0.2) is 28.1 Å². The van der Waals surface area contributed by atoms with Crippen molar-refractivity contribution >= 4 is 0 Å². The summed E-state index contributed by atoms with van der Waals surface area (Å²) in [5.74, 6) is 1.79. The molecular weight excluding hydrogens is 295 g/mol. The van der Waals surface area contributed by atoms with E-state index in [1.807, 2.05) is 0 Å². The Morgan fingerprint density at radius 2 is 2.00 bits per heavy atom. The minimum absolute atomic E-state index is 0.193. The molecule has 0 N–H and O–H groups in total. The van der Waals surface area contributed by atoms with E-state index in [4.69, 9.17) is 4.74 Å². The maximum Gasteiger partial charge on any atom is 0.389 e. The topological polar surface area (TPSA) is 39.9 Å². The first kappa shape index (κ1) is 14.9. The number of para-hydroxylation sites is 2. The third-order valence-electron chi connectivity index (χ3n) is 3.58. The molecule has 0 atom stereocenters. The molecule has 0 bridgehead atoms. The normalized spacial score (nSPS) is 15.1. The molecule has 4 nitrogen and oxygen atoms in total. The van der Waals surface area contributed by atoms with Crippen molar-refractivity contribution < 1.29 is 17.9 Å². The van der Waals surface area contributed by atoms with Crippen molar-refractivity contribution in [2.75, 3.05) is 7.11 Å². The van der Waals surface area contributed by atoms with Gasteiger partial charge in [-0.3, -0.25) is 0 Å². The zero-order chi connectivity index (χ0) is 15.7. The average molecular weight is 311 g/mol. The zero-order valence-electron chi connectivity index (χ0n) is 12.1. The lowest BCUT2D eigenvalue weighted by Gasteiger charge is -2.11. The SMILES string of the molecule is COc1ccccc1-n1nc(C2CC2)nc1CCC(F)(F)F. The largest absolute Gasteiger partial charge is 0.494 e. The first-order chi connectivity index (χ1) is 10.5. The van der Waals surface area contributed by atoms with Gasteiger partial charge in [0.2, 0.25) is 0 Å². The molecule has 0 aliphatic heterocycles. The van der Waals surface area contributed by atoms with E-state index in [0.29, 0.717) is 23.1 Å². The maximum atomic E-state index is 12.5. The van der Waals surface area contributed by atoms with Gasteiger partial charge < -0.3 is 4.74 Å². The van der Waals surface area contributed by atoms with Gasteiger partial charge in [-0.1, -0.05) is 12.1 Å². The Balaban J connectivity index is 1.97. The van der Waals surface area contributed by atoms with Crippen LogP contribution in [0.2, 0.25) is 0 Å². The summed E-state index contributed by atoms with van der Waals surface area (Å²) in [6, 6.07) is 7.11. The van der Waals surface area contributed by atoms with E-state index in [1.54, 1.807) is 24.3 Å². The summed E-state index contributed by atoms with van der Waals surface area (Å²) in [6.07, 6.45) is -3.33. The van der Waals surface area contributed by atoms with Crippen molar-refractivity contribution in [3.63, 3.8) is 0 Å². The molecule has 1 fully saturated rings.